The number of aromatic nitrogens is 2. The average Bonchev–Trinajstić information content (AvgIpc) is 3.32. The maximum atomic E-state index is 13.5. The Morgan fingerprint density at radius 2 is 2.00 bits per heavy atom. The minimum absolute atomic E-state index is 0.0773. The lowest BCUT2D eigenvalue weighted by Gasteiger charge is -2.21. The molecule has 0 aliphatic carbocycles. The van der Waals surface area contributed by atoms with Gasteiger partial charge in [-0.3, -0.25) is 9.78 Å². The Morgan fingerprint density at radius 1 is 1.12 bits per heavy atom. The highest BCUT2D eigenvalue weighted by molar-refractivity contribution is 7.13. The fraction of sp³-hybridized carbons (Fsp3) is 0.160. The zero-order valence-electron chi connectivity index (χ0n) is 17.8. The van der Waals surface area contributed by atoms with Crippen LogP contribution in [0.15, 0.2) is 72.4 Å². The molecule has 3 heterocycles. The lowest BCUT2D eigenvalue weighted by atomic mass is 10.1. The molecule has 168 valence electrons. The number of rotatable bonds is 10. The summed E-state index contributed by atoms with van der Waals surface area (Å²) < 4.78 is 13.5. The van der Waals surface area contributed by atoms with Crippen LogP contribution in [-0.2, 0) is 24.4 Å². The zero-order chi connectivity index (χ0) is 23.0. The van der Waals surface area contributed by atoms with Crippen LogP contribution < -0.4 is 10.2 Å². The molecular weight excluding hydrogens is 439 g/mol. The number of carbonyl (C=O) groups excluding carboxylic acids is 1. The van der Waals surface area contributed by atoms with Crippen LogP contribution in [0.25, 0.3) is 10.6 Å². The topological polar surface area (TPSA) is 78.4 Å². The van der Waals surface area contributed by atoms with E-state index in [0.717, 1.165) is 28.0 Å². The van der Waals surface area contributed by atoms with E-state index in [1.165, 1.54) is 23.5 Å². The van der Waals surface area contributed by atoms with E-state index in [1.54, 1.807) is 23.4 Å². The van der Waals surface area contributed by atoms with Crippen molar-refractivity contribution in [3.05, 3.63) is 94.9 Å². The van der Waals surface area contributed by atoms with Crippen LogP contribution in [0, 0.1) is 5.82 Å². The number of amides is 1. The van der Waals surface area contributed by atoms with Crippen LogP contribution in [0.3, 0.4) is 0 Å². The summed E-state index contributed by atoms with van der Waals surface area (Å²) in [5, 5.41) is 14.9. The summed E-state index contributed by atoms with van der Waals surface area (Å²) >= 11 is 1.50. The summed E-state index contributed by atoms with van der Waals surface area (Å²) in [5.74, 6) is 0.267. The minimum atomic E-state index is -0.272. The number of thiophene rings is 1. The number of hydrogen-bond donors (Lipinski definition) is 2. The third-order valence-corrected chi connectivity index (χ3v) is 6.11. The molecule has 0 saturated carbocycles. The van der Waals surface area contributed by atoms with Gasteiger partial charge in [-0.25, -0.2) is 9.37 Å². The quantitative estimate of drug-likeness (QED) is 0.335. The van der Waals surface area contributed by atoms with E-state index < -0.39 is 0 Å². The van der Waals surface area contributed by atoms with Crippen LogP contribution in [0.4, 0.5) is 15.9 Å². The molecule has 0 bridgehead atoms. The Kier molecular flexibility index (Phi) is 7.39. The first kappa shape index (κ1) is 22.6. The van der Waals surface area contributed by atoms with E-state index in [2.05, 4.69) is 10.3 Å². The molecular formula is C25H23FN4O2S. The van der Waals surface area contributed by atoms with E-state index in [1.807, 2.05) is 41.8 Å². The van der Waals surface area contributed by atoms with Crippen LogP contribution in [0.2, 0.25) is 0 Å². The van der Waals surface area contributed by atoms with Crippen LogP contribution >= 0.6 is 11.3 Å². The zero-order valence-corrected chi connectivity index (χ0v) is 18.6. The fourth-order valence-electron chi connectivity index (χ4n) is 3.51. The Labute approximate surface area is 195 Å². The van der Waals surface area contributed by atoms with Crippen molar-refractivity contribution in [2.45, 2.75) is 19.6 Å². The number of aliphatic hydroxyl groups is 1. The van der Waals surface area contributed by atoms with Gasteiger partial charge in [-0.15, -0.1) is 11.3 Å². The molecule has 1 aromatic carbocycles. The SMILES string of the molecule is O=CN(Cc1cccnc1)c1ccc(-c2sccc2CO)nc1NCCc1cccc(F)c1. The van der Waals surface area contributed by atoms with Gasteiger partial charge in [0.1, 0.15) is 5.82 Å². The van der Waals surface area contributed by atoms with Crippen LogP contribution in [0.1, 0.15) is 16.7 Å². The highest BCUT2D eigenvalue weighted by atomic mass is 32.1. The van der Waals surface area contributed by atoms with Crippen molar-refractivity contribution in [1.82, 2.24) is 9.97 Å². The summed E-state index contributed by atoms with van der Waals surface area (Å²) in [4.78, 5) is 23.3. The van der Waals surface area contributed by atoms with Gasteiger partial charge >= 0.3 is 0 Å². The number of nitrogens with one attached hydrogen (secondary N) is 1. The molecule has 6 nitrogen and oxygen atoms in total. The van der Waals surface area contributed by atoms with Gasteiger partial charge in [0.15, 0.2) is 5.82 Å². The number of carbonyl (C=O) groups is 1. The summed E-state index contributed by atoms with van der Waals surface area (Å²) in [6.07, 6.45) is 4.76. The first-order chi connectivity index (χ1) is 16.2. The normalized spacial score (nSPS) is 10.7. The van der Waals surface area contributed by atoms with Gasteiger partial charge in [0.2, 0.25) is 6.41 Å². The Balaban J connectivity index is 1.63. The van der Waals surface area contributed by atoms with Crippen molar-refractivity contribution < 1.29 is 14.3 Å². The largest absolute Gasteiger partial charge is 0.392 e. The molecule has 2 N–H and O–H groups in total. The number of benzene rings is 1. The first-order valence-corrected chi connectivity index (χ1v) is 11.3. The summed E-state index contributed by atoms with van der Waals surface area (Å²) in [5.41, 5.74) is 3.88. The number of hydrogen-bond acceptors (Lipinski definition) is 6. The smallest absolute Gasteiger partial charge is 0.214 e. The molecule has 0 spiro atoms. The number of pyridine rings is 2. The molecule has 4 rings (SSSR count). The van der Waals surface area contributed by atoms with Crippen molar-refractivity contribution in [3.63, 3.8) is 0 Å². The molecule has 8 heteroatoms. The Morgan fingerprint density at radius 3 is 2.76 bits per heavy atom. The van der Waals surface area contributed by atoms with Gasteiger partial charge in [-0.1, -0.05) is 18.2 Å². The third-order valence-electron chi connectivity index (χ3n) is 5.13. The first-order valence-electron chi connectivity index (χ1n) is 10.5. The van der Waals surface area contributed by atoms with E-state index >= 15 is 0 Å². The van der Waals surface area contributed by atoms with Crippen LogP contribution in [-0.4, -0.2) is 28.0 Å². The van der Waals surface area contributed by atoms with Crippen molar-refractivity contribution in [1.29, 1.82) is 0 Å². The predicted molar refractivity (Wildman–Crippen MR) is 129 cm³/mol. The molecule has 0 aliphatic heterocycles. The average molecular weight is 463 g/mol. The fourth-order valence-corrected chi connectivity index (χ4v) is 4.40. The summed E-state index contributed by atoms with van der Waals surface area (Å²) in [6.45, 7) is 0.772. The molecule has 0 aliphatic rings. The molecule has 1 amide bonds. The van der Waals surface area contributed by atoms with Crippen LogP contribution in [0.5, 0.6) is 0 Å². The maximum Gasteiger partial charge on any atom is 0.214 e. The summed E-state index contributed by atoms with van der Waals surface area (Å²) in [7, 11) is 0. The molecule has 0 fully saturated rings. The standard InChI is InChI=1S/C25H23FN4O2S/c26-21-5-1-3-18(13-21)8-11-28-25-23(30(17-32)15-19-4-2-10-27-14-19)7-6-22(29-25)24-20(16-31)9-12-33-24/h1-7,9-10,12-14,17,31H,8,11,15-16H2,(H,28,29). The highest BCUT2D eigenvalue weighted by Crippen LogP contribution is 2.33. The van der Waals surface area contributed by atoms with E-state index in [-0.39, 0.29) is 12.4 Å². The van der Waals surface area contributed by atoms with E-state index in [4.69, 9.17) is 4.98 Å². The number of nitrogens with zero attached hydrogens (tertiary/aromatic N) is 3. The number of anilines is 2. The number of halogens is 1. The Hall–Kier alpha value is -3.62. The molecule has 0 unspecified atom stereocenters. The van der Waals surface area contributed by atoms with Crippen molar-refractivity contribution in [2.75, 3.05) is 16.8 Å². The predicted octanol–water partition coefficient (Wildman–Crippen LogP) is 4.65. The Bertz CT molecular complexity index is 1220. The van der Waals surface area contributed by atoms with Gasteiger partial charge in [0.05, 0.1) is 29.4 Å². The van der Waals surface area contributed by atoms with E-state index in [9.17, 15) is 14.3 Å². The minimum Gasteiger partial charge on any atom is -0.392 e. The van der Waals surface area contributed by atoms with Gasteiger partial charge in [-0.05, 0) is 64.9 Å². The monoisotopic (exact) mass is 462 g/mol. The lowest BCUT2D eigenvalue weighted by molar-refractivity contribution is -0.107. The second kappa shape index (κ2) is 10.8. The molecule has 33 heavy (non-hydrogen) atoms. The van der Waals surface area contributed by atoms with Gasteiger partial charge in [0, 0.05) is 18.9 Å². The second-order valence-electron chi connectivity index (χ2n) is 7.40. The molecule has 3 aromatic heterocycles. The van der Waals surface area contributed by atoms with Crippen molar-refractivity contribution in [3.8, 4) is 10.6 Å². The van der Waals surface area contributed by atoms with Crippen molar-refractivity contribution in [2.24, 2.45) is 0 Å². The molecule has 4 aromatic rings. The van der Waals surface area contributed by atoms with Gasteiger partial charge in [-0.2, -0.15) is 0 Å². The van der Waals surface area contributed by atoms with Gasteiger partial charge < -0.3 is 15.3 Å². The van der Waals surface area contributed by atoms with Crippen molar-refractivity contribution >= 4 is 29.3 Å². The maximum absolute atomic E-state index is 13.5. The third kappa shape index (κ3) is 5.60. The molecule has 0 atom stereocenters. The molecule has 0 saturated heterocycles. The second-order valence-corrected chi connectivity index (χ2v) is 8.31. The van der Waals surface area contributed by atoms with Gasteiger partial charge in [0.25, 0.3) is 0 Å². The molecule has 0 radical (unpaired) electrons. The van der Waals surface area contributed by atoms with E-state index in [0.29, 0.717) is 36.7 Å². The highest BCUT2D eigenvalue weighted by Gasteiger charge is 2.16. The number of aliphatic hydroxyl groups excluding tert-OH is 1. The summed E-state index contributed by atoms with van der Waals surface area (Å²) in [6, 6.07) is 15.8. The lowest BCUT2D eigenvalue weighted by Crippen LogP contribution is -2.23.